The van der Waals surface area contributed by atoms with Crippen molar-refractivity contribution in [2.75, 3.05) is 5.75 Å². The van der Waals surface area contributed by atoms with Crippen LogP contribution < -0.4 is 0 Å². The van der Waals surface area contributed by atoms with Crippen molar-refractivity contribution < 1.29 is 39.3 Å². The van der Waals surface area contributed by atoms with Crippen molar-refractivity contribution in [3.63, 3.8) is 0 Å². The number of halogens is 6. The summed E-state index contributed by atoms with van der Waals surface area (Å²) in [6.45, 7) is 2.86. The standard InChI is InChI=1S/C16H17F6NO3S/c1-9-14(2,5-3-4-6-27(24,25)26)13-11(16(20,21)22)7-10(15(17,18)19)8-12(13)23-9/h7-8H,3-6H2,1-2H3,(H,24,25,26). The lowest BCUT2D eigenvalue weighted by Crippen LogP contribution is -2.30. The molecule has 27 heavy (non-hydrogen) atoms. The van der Waals surface area contributed by atoms with Crippen molar-refractivity contribution in [3.8, 4) is 0 Å². The van der Waals surface area contributed by atoms with Gasteiger partial charge in [0.1, 0.15) is 0 Å². The van der Waals surface area contributed by atoms with E-state index in [-0.39, 0.29) is 42.3 Å². The molecule has 1 unspecified atom stereocenters. The number of hydrogen-bond acceptors (Lipinski definition) is 3. The predicted octanol–water partition coefficient (Wildman–Crippen LogP) is 5.15. The molecule has 0 aromatic heterocycles. The Morgan fingerprint density at radius 3 is 2.15 bits per heavy atom. The highest BCUT2D eigenvalue weighted by Crippen LogP contribution is 2.51. The van der Waals surface area contributed by atoms with Gasteiger partial charge in [0.15, 0.2) is 0 Å². The highest BCUT2D eigenvalue weighted by Gasteiger charge is 2.47. The first kappa shape index (κ1) is 21.7. The fourth-order valence-electron chi connectivity index (χ4n) is 3.24. The summed E-state index contributed by atoms with van der Waals surface area (Å²) in [5, 5.41) is 0. The molecule has 4 nitrogen and oxygen atoms in total. The molecule has 2 rings (SSSR count). The fourth-order valence-corrected chi connectivity index (χ4v) is 3.80. The molecule has 1 atom stereocenters. The molecule has 1 aromatic rings. The zero-order chi connectivity index (χ0) is 20.8. The summed E-state index contributed by atoms with van der Waals surface area (Å²) in [5.41, 5.74) is -4.62. The van der Waals surface area contributed by atoms with E-state index < -0.39 is 44.8 Å². The molecule has 152 valence electrons. The molecular formula is C16H17F6NO3S. The second kappa shape index (κ2) is 6.77. The van der Waals surface area contributed by atoms with Crippen LogP contribution in [-0.2, 0) is 27.9 Å². The van der Waals surface area contributed by atoms with Crippen molar-refractivity contribution in [3.05, 3.63) is 28.8 Å². The maximum Gasteiger partial charge on any atom is 0.416 e. The second-order valence-electron chi connectivity index (χ2n) is 6.69. The topological polar surface area (TPSA) is 66.7 Å². The Bertz CT molecular complexity index is 873. The molecule has 1 aliphatic heterocycles. The highest BCUT2D eigenvalue weighted by atomic mass is 32.2. The SMILES string of the molecule is CC1=Nc2cc(C(F)(F)F)cc(C(F)(F)F)c2C1(C)CCCCS(=O)(=O)O. The van der Waals surface area contributed by atoms with Gasteiger partial charge in [0.2, 0.25) is 0 Å². The van der Waals surface area contributed by atoms with Crippen LogP contribution in [0.5, 0.6) is 0 Å². The van der Waals surface area contributed by atoms with Crippen LogP contribution in [0.25, 0.3) is 0 Å². The minimum atomic E-state index is -5.01. The quantitative estimate of drug-likeness (QED) is 0.410. The summed E-state index contributed by atoms with van der Waals surface area (Å²) in [6.07, 6.45) is -9.78. The van der Waals surface area contributed by atoms with E-state index in [1.54, 1.807) is 0 Å². The van der Waals surface area contributed by atoms with Crippen LogP contribution in [-0.4, -0.2) is 24.4 Å². The number of unbranched alkanes of at least 4 members (excludes halogenated alkanes) is 1. The third kappa shape index (κ3) is 4.63. The van der Waals surface area contributed by atoms with Crippen LogP contribution >= 0.6 is 0 Å². The minimum Gasteiger partial charge on any atom is -0.286 e. The molecule has 1 heterocycles. The van der Waals surface area contributed by atoms with Crippen LogP contribution in [0.15, 0.2) is 17.1 Å². The number of nitrogens with zero attached hydrogens (tertiary/aromatic N) is 1. The molecule has 0 saturated carbocycles. The first-order valence-corrected chi connectivity index (χ1v) is 9.50. The number of hydrogen-bond donors (Lipinski definition) is 1. The monoisotopic (exact) mass is 417 g/mol. The number of alkyl halides is 6. The number of aliphatic imine (C=N–C) groups is 1. The summed E-state index contributed by atoms with van der Waals surface area (Å²) >= 11 is 0. The van der Waals surface area contributed by atoms with E-state index in [9.17, 15) is 34.8 Å². The van der Waals surface area contributed by atoms with Gasteiger partial charge in [0.05, 0.1) is 22.6 Å². The third-order valence-corrected chi connectivity index (χ3v) is 5.52. The molecule has 0 saturated heterocycles. The predicted molar refractivity (Wildman–Crippen MR) is 86.8 cm³/mol. The van der Waals surface area contributed by atoms with E-state index in [1.165, 1.54) is 13.8 Å². The van der Waals surface area contributed by atoms with Crippen molar-refractivity contribution in [1.29, 1.82) is 0 Å². The van der Waals surface area contributed by atoms with Crippen molar-refractivity contribution in [2.45, 2.75) is 50.9 Å². The fraction of sp³-hybridized carbons (Fsp3) is 0.562. The lowest BCUT2D eigenvalue weighted by molar-refractivity contribution is -0.143. The number of fused-ring (bicyclic) bond motifs is 1. The van der Waals surface area contributed by atoms with Gasteiger partial charge in [-0.25, -0.2) is 0 Å². The zero-order valence-electron chi connectivity index (χ0n) is 14.4. The maximum atomic E-state index is 13.5. The third-order valence-electron chi connectivity index (χ3n) is 4.72. The number of rotatable bonds is 5. The zero-order valence-corrected chi connectivity index (χ0v) is 15.2. The molecule has 1 aliphatic rings. The molecule has 0 amide bonds. The van der Waals surface area contributed by atoms with Crippen LogP contribution in [0.2, 0.25) is 0 Å². The molecule has 1 aromatic carbocycles. The Hall–Kier alpha value is -1.62. The van der Waals surface area contributed by atoms with Gasteiger partial charge in [-0.15, -0.1) is 0 Å². The summed E-state index contributed by atoms with van der Waals surface area (Å²) in [7, 11) is -4.20. The Balaban J connectivity index is 2.48. The summed E-state index contributed by atoms with van der Waals surface area (Å²) < 4.78 is 110. The van der Waals surface area contributed by atoms with Crippen molar-refractivity contribution in [2.24, 2.45) is 4.99 Å². The van der Waals surface area contributed by atoms with Gasteiger partial charge in [-0.2, -0.15) is 34.8 Å². The van der Waals surface area contributed by atoms with Crippen LogP contribution in [0, 0.1) is 0 Å². The Morgan fingerprint density at radius 2 is 1.67 bits per heavy atom. The first-order chi connectivity index (χ1) is 12.1. The Kier molecular flexibility index (Phi) is 5.43. The Labute approximate surface area is 152 Å². The molecule has 0 aliphatic carbocycles. The first-order valence-electron chi connectivity index (χ1n) is 7.89. The Morgan fingerprint density at radius 1 is 1.07 bits per heavy atom. The van der Waals surface area contributed by atoms with Crippen LogP contribution in [0.3, 0.4) is 0 Å². The molecule has 1 N–H and O–H groups in total. The van der Waals surface area contributed by atoms with Crippen LogP contribution in [0.4, 0.5) is 32.0 Å². The number of benzene rings is 1. The maximum absolute atomic E-state index is 13.5. The van der Waals surface area contributed by atoms with Gasteiger partial charge in [-0.05, 0) is 31.9 Å². The van der Waals surface area contributed by atoms with E-state index in [0.717, 1.165) is 0 Å². The van der Waals surface area contributed by atoms with Gasteiger partial charge in [-0.3, -0.25) is 9.55 Å². The highest BCUT2D eigenvalue weighted by molar-refractivity contribution is 7.85. The average molecular weight is 417 g/mol. The molecular weight excluding hydrogens is 400 g/mol. The summed E-state index contributed by atoms with van der Waals surface area (Å²) in [6, 6.07) is 0.681. The second-order valence-corrected chi connectivity index (χ2v) is 8.26. The summed E-state index contributed by atoms with van der Waals surface area (Å²) in [5.74, 6) is -0.550. The van der Waals surface area contributed by atoms with Crippen molar-refractivity contribution >= 4 is 21.5 Å². The molecule has 0 bridgehead atoms. The van der Waals surface area contributed by atoms with Gasteiger partial charge < -0.3 is 0 Å². The van der Waals surface area contributed by atoms with E-state index in [4.69, 9.17) is 4.55 Å². The van der Waals surface area contributed by atoms with Gasteiger partial charge >= 0.3 is 12.4 Å². The van der Waals surface area contributed by atoms with Gasteiger partial charge in [0, 0.05) is 16.7 Å². The average Bonchev–Trinajstić information content (AvgIpc) is 2.72. The van der Waals surface area contributed by atoms with E-state index in [1.807, 2.05) is 0 Å². The van der Waals surface area contributed by atoms with Crippen molar-refractivity contribution in [1.82, 2.24) is 0 Å². The largest absolute Gasteiger partial charge is 0.416 e. The van der Waals surface area contributed by atoms with Gasteiger partial charge in [0.25, 0.3) is 10.1 Å². The molecule has 11 heteroatoms. The smallest absolute Gasteiger partial charge is 0.286 e. The minimum absolute atomic E-state index is 0.000970. The lowest BCUT2D eigenvalue weighted by Gasteiger charge is -2.29. The molecule has 0 fully saturated rings. The molecule has 0 spiro atoms. The lowest BCUT2D eigenvalue weighted by atomic mass is 9.73. The van der Waals surface area contributed by atoms with E-state index >= 15 is 0 Å². The normalized spacial score (nSPS) is 20.6. The van der Waals surface area contributed by atoms with E-state index in [2.05, 4.69) is 4.99 Å². The summed E-state index contributed by atoms with van der Waals surface area (Å²) in [4.78, 5) is 3.93. The van der Waals surface area contributed by atoms with Crippen LogP contribution in [0.1, 0.15) is 49.8 Å². The van der Waals surface area contributed by atoms with E-state index in [0.29, 0.717) is 6.07 Å². The molecule has 0 radical (unpaired) electrons. The van der Waals surface area contributed by atoms with Gasteiger partial charge in [-0.1, -0.05) is 13.3 Å².